The summed E-state index contributed by atoms with van der Waals surface area (Å²) in [6.07, 6.45) is 4.27. The number of carboxylic acid groups (broad SMARTS) is 1. The first kappa shape index (κ1) is 16.7. The van der Waals surface area contributed by atoms with Crippen LogP contribution < -0.4 is 5.32 Å². The molecule has 2 N–H and O–H groups in total. The molecule has 6 nitrogen and oxygen atoms in total. The van der Waals surface area contributed by atoms with Crippen LogP contribution in [0, 0.1) is 11.3 Å². The van der Waals surface area contributed by atoms with Crippen molar-refractivity contribution in [3.63, 3.8) is 0 Å². The fourth-order valence-electron chi connectivity index (χ4n) is 4.06. The molecule has 6 heteroatoms. The van der Waals surface area contributed by atoms with Gasteiger partial charge < -0.3 is 15.3 Å². The normalized spacial score (nSPS) is 26.2. The topological polar surface area (TPSA) is 82.5 Å². The molecular weight excluding hydrogens is 306 g/mol. The highest BCUT2D eigenvalue weighted by atomic mass is 16.4. The Balaban J connectivity index is 1.62. The highest BCUT2D eigenvalue weighted by molar-refractivity contribution is 5.80. The number of aliphatic carboxylic acids is 1. The van der Waals surface area contributed by atoms with E-state index in [4.69, 9.17) is 0 Å². The largest absolute Gasteiger partial charge is 0.481 e. The quantitative estimate of drug-likeness (QED) is 0.886. The predicted octanol–water partition coefficient (Wildman–Crippen LogP) is 2.26. The predicted molar refractivity (Wildman–Crippen MR) is 89.6 cm³/mol. The lowest BCUT2D eigenvalue weighted by Gasteiger charge is -2.27. The van der Waals surface area contributed by atoms with Gasteiger partial charge in [0, 0.05) is 36.9 Å². The summed E-state index contributed by atoms with van der Waals surface area (Å²) in [5, 5.41) is 12.6. The maximum atomic E-state index is 12.5. The SMILES string of the molecule is CC(C)(CNC(=O)N1C[C@@H]2CCC[C@@]2(C(=O)O)C1)c1ccccn1. The van der Waals surface area contributed by atoms with Gasteiger partial charge in [-0.1, -0.05) is 26.3 Å². The second-order valence-electron chi connectivity index (χ2n) is 7.69. The van der Waals surface area contributed by atoms with Crippen LogP contribution in [0.1, 0.15) is 38.8 Å². The third kappa shape index (κ3) is 2.85. The highest BCUT2D eigenvalue weighted by Gasteiger charge is 2.55. The molecular formula is C18H25N3O3. The average Bonchev–Trinajstić information content (AvgIpc) is 3.12. The number of likely N-dealkylation sites (tertiary alicyclic amines) is 1. The Morgan fingerprint density at radius 3 is 2.88 bits per heavy atom. The third-order valence-electron chi connectivity index (χ3n) is 5.62. The van der Waals surface area contributed by atoms with Crippen molar-refractivity contribution < 1.29 is 14.7 Å². The van der Waals surface area contributed by atoms with E-state index < -0.39 is 11.4 Å². The molecule has 3 rings (SSSR count). The molecule has 2 amide bonds. The van der Waals surface area contributed by atoms with Gasteiger partial charge in [-0.2, -0.15) is 0 Å². The summed E-state index contributed by atoms with van der Waals surface area (Å²) in [6.45, 7) is 5.40. The summed E-state index contributed by atoms with van der Waals surface area (Å²) in [5.41, 5.74) is -0.0872. The number of urea groups is 1. The number of nitrogens with zero attached hydrogens (tertiary/aromatic N) is 2. The van der Waals surface area contributed by atoms with Crippen molar-refractivity contribution in [2.24, 2.45) is 11.3 Å². The highest BCUT2D eigenvalue weighted by Crippen LogP contribution is 2.48. The number of amides is 2. The van der Waals surface area contributed by atoms with Crippen LogP contribution in [0.3, 0.4) is 0 Å². The lowest BCUT2D eigenvalue weighted by Crippen LogP contribution is -2.45. The fourth-order valence-corrected chi connectivity index (χ4v) is 4.06. The van der Waals surface area contributed by atoms with Gasteiger partial charge in [-0.25, -0.2) is 4.79 Å². The summed E-state index contributed by atoms with van der Waals surface area (Å²) in [7, 11) is 0. The van der Waals surface area contributed by atoms with Gasteiger partial charge in [0.1, 0.15) is 0 Å². The van der Waals surface area contributed by atoms with E-state index in [1.165, 1.54) is 0 Å². The second kappa shape index (κ2) is 6.07. The van der Waals surface area contributed by atoms with Crippen LogP contribution in [0.5, 0.6) is 0 Å². The number of carboxylic acids is 1. The van der Waals surface area contributed by atoms with E-state index in [0.717, 1.165) is 18.5 Å². The molecule has 1 saturated carbocycles. The van der Waals surface area contributed by atoms with Crippen LogP contribution in [0.4, 0.5) is 4.79 Å². The van der Waals surface area contributed by atoms with Gasteiger partial charge in [0.2, 0.25) is 0 Å². The van der Waals surface area contributed by atoms with Gasteiger partial charge in [0.15, 0.2) is 0 Å². The molecule has 0 unspecified atom stereocenters. The lowest BCUT2D eigenvalue weighted by molar-refractivity contribution is -0.149. The van der Waals surface area contributed by atoms with Gasteiger partial charge in [0.25, 0.3) is 0 Å². The number of fused-ring (bicyclic) bond motifs is 1. The number of nitrogens with one attached hydrogen (secondary N) is 1. The zero-order valence-corrected chi connectivity index (χ0v) is 14.3. The number of pyridine rings is 1. The monoisotopic (exact) mass is 331 g/mol. The molecule has 0 radical (unpaired) electrons. The van der Waals surface area contributed by atoms with Gasteiger partial charge in [-0.05, 0) is 30.9 Å². The number of hydrogen-bond donors (Lipinski definition) is 2. The number of carbonyl (C=O) groups is 2. The molecule has 130 valence electrons. The molecule has 2 aliphatic rings. The number of hydrogen-bond acceptors (Lipinski definition) is 3. The van der Waals surface area contributed by atoms with Crippen LogP contribution in [0.2, 0.25) is 0 Å². The van der Waals surface area contributed by atoms with Crippen molar-refractivity contribution in [2.75, 3.05) is 19.6 Å². The zero-order chi connectivity index (χ0) is 17.4. The van der Waals surface area contributed by atoms with E-state index in [1.807, 2.05) is 32.0 Å². The van der Waals surface area contributed by atoms with E-state index in [9.17, 15) is 14.7 Å². The van der Waals surface area contributed by atoms with Crippen molar-refractivity contribution in [1.29, 1.82) is 0 Å². The van der Waals surface area contributed by atoms with Crippen molar-refractivity contribution in [3.8, 4) is 0 Å². The molecule has 2 atom stereocenters. The Morgan fingerprint density at radius 2 is 2.25 bits per heavy atom. The number of carbonyl (C=O) groups excluding carboxylic acids is 1. The molecule has 1 aliphatic carbocycles. The van der Waals surface area contributed by atoms with Crippen molar-refractivity contribution in [3.05, 3.63) is 30.1 Å². The van der Waals surface area contributed by atoms with E-state index >= 15 is 0 Å². The van der Waals surface area contributed by atoms with E-state index in [2.05, 4.69) is 10.3 Å². The van der Waals surface area contributed by atoms with Crippen LogP contribution in [0.25, 0.3) is 0 Å². The van der Waals surface area contributed by atoms with Crippen LogP contribution >= 0.6 is 0 Å². The molecule has 0 aromatic carbocycles. The van der Waals surface area contributed by atoms with Crippen molar-refractivity contribution in [1.82, 2.24) is 15.2 Å². The summed E-state index contributed by atoms with van der Waals surface area (Å²) >= 11 is 0. The molecule has 1 aliphatic heterocycles. The first-order valence-corrected chi connectivity index (χ1v) is 8.53. The summed E-state index contributed by atoms with van der Waals surface area (Å²) in [5.74, 6) is -0.668. The van der Waals surface area contributed by atoms with Gasteiger partial charge in [-0.15, -0.1) is 0 Å². The van der Waals surface area contributed by atoms with Crippen LogP contribution in [-0.4, -0.2) is 46.6 Å². The Morgan fingerprint density at radius 1 is 1.46 bits per heavy atom. The minimum Gasteiger partial charge on any atom is -0.481 e. The number of rotatable bonds is 4. The van der Waals surface area contributed by atoms with E-state index in [-0.39, 0.29) is 17.4 Å². The molecule has 2 heterocycles. The summed E-state index contributed by atoms with van der Waals surface area (Å²) in [4.78, 5) is 30.3. The zero-order valence-electron chi connectivity index (χ0n) is 14.3. The van der Waals surface area contributed by atoms with E-state index in [1.54, 1.807) is 11.1 Å². The summed E-state index contributed by atoms with van der Waals surface area (Å²) < 4.78 is 0. The van der Waals surface area contributed by atoms with Crippen LogP contribution in [-0.2, 0) is 10.2 Å². The Kier molecular flexibility index (Phi) is 4.24. The Bertz CT molecular complexity index is 632. The van der Waals surface area contributed by atoms with E-state index in [0.29, 0.717) is 26.1 Å². The Hall–Kier alpha value is -2.11. The van der Waals surface area contributed by atoms with Crippen molar-refractivity contribution in [2.45, 2.75) is 38.5 Å². The first-order chi connectivity index (χ1) is 11.3. The smallest absolute Gasteiger partial charge is 0.317 e. The van der Waals surface area contributed by atoms with Gasteiger partial charge in [-0.3, -0.25) is 9.78 Å². The second-order valence-corrected chi connectivity index (χ2v) is 7.69. The maximum absolute atomic E-state index is 12.5. The first-order valence-electron chi connectivity index (χ1n) is 8.53. The maximum Gasteiger partial charge on any atom is 0.317 e. The fraction of sp³-hybridized carbons (Fsp3) is 0.611. The molecule has 0 bridgehead atoms. The number of aromatic nitrogens is 1. The molecule has 0 spiro atoms. The van der Waals surface area contributed by atoms with Gasteiger partial charge >= 0.3 is 12.0 Å². The minimum absolute atomic E-state index is 0.0875. The molecule has 1 aromatic heterocycles. The Labute approximate surface area is 142 Å². The molecule has 2 fully saturated rings. The third-order valence-corrected chi connectivity index (χ3v) is 5.62. The molecule has 1 saturated heterocycles. The average molecular weight is 331 g/mol. The minimum atomic E-state index is -0.755. The lowest BCUT2D eigenvalue weighted by atomic mass is 9.81. The van der Waals surface area contributed by atoms with Gasteiger partial charge in [0.05, 0.1) is 5.41 Å². The molecule has 24 heavy (non-hydrogen) atoms. The van der Waals surface area contributed by atoms with Crippen LogP contribution in [0.15, 0.2) is 24.4 Å². The summed E-state index contributed by atoms with van der Waals surface area (Å²) in [6, 6.07) is 5.58. The standard InChI is InChI=1S/C18H25N3O3/c1-17(2,14-7-3-4-9-19-14)11-20-16(24)21-10-13-6-5-8-18(13,12-21)15(22)23/h3-4,7,9,13H,5-6,8,10-12H2,1-2H3,(H,20,24)(H,22,23)/t13-,18+/m0/s1. The van der Waals surface area contributed by atoms with Crippen molar-refractivity contribution >= 4 is 12.0 Å². The molecule has 1 aromatic rings.